The van der Waals surface area contributed by atoms with Crippen LogP contribution < -0.4 is 4.74 Å². The Morgan fingerprint density at radius 3 is 2.59 bits per heavy atom. The predicted molar refractivity (Wildman–Crippen MR) is 110 cm³/mol. The van der Waals surface area contributed by atoms with Crippen molar-refractivity contribution in [1.29, 1.82) is 0 Å². The third-order valence-corrected chi connectivity index (χ3v) is 6.04. The van der Waals surface area contributed by atoms with E-state index >= 15 is 0 Å². The highest BCUT2D eigenvalue weighted by Crippen LogP contribution is 2.39. The second kappa shape index (κ2) is 7.47. The maximum Gasteiger partial charge on any atom is 0.166 e. The number of nitrogens with zero attached hydrogens (tertiary/aromatic N) is 1. The van der Waals surface area contributed by atoms with Crippen LogP contribution in [0.1, 0.15) is 43.0 Å². The Balaban J connectivity index is 1.42. The van der Waals surface area contributed by atoms with E-state index in [1.165, 1.54) is 31.3 Å². The van der Waals surface area contributed by atoms with E-state index in [1.807, 2.05) is 36.4 Å². The van der Waals surface area contributed by atoms with Crippen molar-refractivity contribution in [1.82, 2.24) is 4.90 Å². The lowest BCUT2D eigenvalue weighted by Crippen LogP contribution is -2.34. The van der Waals surface area contributed by atoms with E-state index in [2.05, 4.69) is 18.4 Å². The van der Waals surface area contributed by atoms with Crippen molar-refractivity contribution in [3.8, 4) is 5.75 Å². The second-order valence-electron chi connectivity index (χ2n) is 8.27. The number of ketones is 1. The van der Waals surface area contributed by atoms with E-state index in [1.54, 1.807) is 7.11 Å². The van der Waals surface area contributed by atoms with Crippen molar-refractivity contribution < 1.29 is 9.53 Å². The molecule has 2 aliphatic rings. The molecule has 3 heteroatoms. The molecule has 2 aromatic rings. The number of benzene rings is 2. The maximum atomic E-state index is 13.0. The van der Waals surface area contributed by atoms with Crippen molar-refractivity contribution in [3.63, 3.8) is 0 Å². The Hall–Kier alpha value is -2.13. The first-order valence-corrected chi connectivity index (χ1v) is 10.1. The van der Waals surface area contributed by atoms with E-state index in [9.17, 15) is 4.79 Å². The summed E-state index contributed by atoms with van der Waals surface area (Å²) in [5, 5.41) is 2.18. The molecule has 2 saturated carbocycles. The number of methoxy groups -OCH3 is 1. The molecule has 0 N–H and O–H groups in total. The topological polar surface area (TPSA) is 29.5 Å². The first kappa shape index (κ1) is 18.2. The van der Waals surface area contributed by atoms with Crippen molar-refractivity contribution in [2.45, 2.75) is 38.6 Å². The van der Waals surface area contributed by atoms with Crippen LogP contribution >= 0.6 is 0 Å². The van der Waals surface area contributed by atoms with Gasteiger partial charge in [0.15, 0.2) is 5.78 Å². The highest BCUT2D eigenvalue weighted by atomic mass is 16.5. The van der Waals surface area contributed by atoms with E-state index in [0.29, 0.717) is 6.04 Å². The SMILES string of the molecule is C=C1C[C@@H]1CCN(C[C@@H](C)C(=O)c1ccc2cc(OC)ccc2c1)C1CC1. The van der Waals surface area contributed by atoms with Gasteiger partial charge in [0.25, 0.3) is 0 Å². The molecular formula is C24H29NO2. The van der Waals surface area contributed by atoms with Gasteiger partial charge in [0.05, 0.1) is 7.11 Å². The van der Waals surface area contributed by atoms with Gasteiger partial charge in [-0.05, 0) is 67.1 Å². The number of carbonyl (C=O) groups excluding carboxylic acids is 1. The predicted octanol–water partition coefficient (Wildman–Crippen LogP) is 5.10. The minimum absolute atomic E-state index is 0.0173. The second-order valence-corrected chi connectivity index (χ2v) is 8.27. The smallest absolute Gasteiger partial charge is 0.166 e. The normalized spacial score (nSPS) is 20.1. The van der Waals surface area contributed by atoms with Gasteiger partial charge in [-0.15, -0.1) is 0 Å². The van der Waals surface area contributed by atoms with Gasteiger partial charge in [-0.1, -0.05) is 37.3 Å². The Labute approximate surface area is 162 Å². The number of hydrogen-bond acceptors (Lipinski definition) is 3. The van der Waals surface area contributed by atoms with Gasteiger partial charge in [-0.2, -0.15) is 0 Å². The summed E-state index contributed by atoms with van der Waals surface area (Å²) < 4.78 is 5.28. The summed E-state index contributed by atoms with van der Waals surface area (Å²) in [5.74, 6) is 1.83. The molecule has 0 amide bonds. The molecule has 2 atom stereocenters. The average Bonchev–Trinajstić information content (AvgIpc) is 3.61. The molecule has 0 radical (unpaired) electrons. The lowest BCUT2D eigenvalue weighted by Gasteiger charge is -2.25. The van der Waals surface area contributed by atoms with Gasteiger partial charge in [0, 0.05) is 24.1 Å². The van der Waals surface area contributed by atoms with Crippen LogP contribution in [0.25, 0.3) is 10.8 Å². The molecule has 3 nitrogen and oxygen atoms in total. The third-order valence-electron chi connectivity index (χ3n) is 6.04. The highest BCUT2D eigenvalue weighted by molar-refractivity contribution is 6.01. The zero-order valence-electron chi connectivity index (χ0n) is 16.4. The maximum absolute atomic E-state index is 13.0. The Morgan fingerprint density at radius 1 is 1.22 bits per heavy atom. The summed E-state index contributed by atoms with van der Waals surface area (Å²) in [6.45, 7) is 8.11. The van der Waals surface area contributed by atoms with E-state index < -0.39 is 0 Å². The van der Waals surface area contributed by atoms with E-state index in [0.717, 1.165) is 41.1 Å². The van der Waals surface area contributed by atoms with Gasteiger partial charge in [0.2, 0.25) is 0 Å². The first-order chi connectivity index (χ1) is 13.0. The summed E-state index contributed by atoms with van der Waals surface area (Å²) >= 11 is 0. The zero-order valence-corrected chi connectivity index (χ0v) is 16.4. The summed E-state index contributed by atoms with van der Waals surface area (Å²) in [4.78, 5) is 15.6. The third kappa shape index (κ3) is 4.24. The largest absolute Gasteiger partial charge is 0.497 e. The number of allylic oxidation sites excluding steroid dienone is 1. The van der Waals surface area contributed by atoms with Gasteiger partial charge < -0.3 is 4.74 Å². The van der Waals surface area contributed by atoms with Crippen LogP contribution in [0.5, 0.6) is 5.75 Å². The standard InChI is InChI=1S/C24H29NO2/c1-16-12-18(16)10-11-25(22-7-8-22)15-17(2)24(26)21-5-4-20-14-23(27-3)9-6-19(20)13-21/h4-6,9,13-14,17-18,22H,1,7-8,10-12,15H2,2-3H3/t17-,18+/m1/s1. The Kier molecular flexibility index (Phi) is 5.05. The van der Waals surface area contributed by atoms with Gasteiger partial charge >= 0.3 is 0 Å². The van der Waals surface area contributed by atoms with Crippen molar-refractivity contribution in [3.05, 3.63) is 54.1 Å². The van der Waals surface area contributed by atoms with Gasteiger partial charge in [-0.3, -0.25) is 9.69 Å². The average molecular weight is 364 g/mol. The lowest BCUT2D eigenvalue weighted by molar-refractivity contribution is 0.0889. The summed E-state index contributed by atoms with van der Waals surface area (Å²) in [6.07, 6.45) is 4.97. The van der Waals surface area contributed by atoms with Crippen LogP contribution in [-0.2, 0) is 0 Å². The van der Waals surface area contributed by atoms with E-state index in [-0.39, 0.29) is 11.7 Å². The fourth-order valence-electron chi connectivity index (χ4n) is 3.97. The Bertz CT molecular complexity index is 868. The van der Waals surface area contributed by atoms with Crippen molar-refractivity contribution >= 4 is 16.6 Å². The Morgan fingerprint density at radius 2 is 1.93 bits per heavy atom. The molecular weight excluding hydrogens is 334 g/mol. The fourth-order valence-corrected chi connectivity index (χ4v) is 3.97. The summed E-state index contributed by atoms with van der Waals surface area (Å²) in [5.41, 5.74) is 2.22. The van der Waals surface area contributed by atoms with Gasteiger partial charge in [0.1, 0.15) is 5.75 Å². The number of ether oxygens (including phenoxy) is 1. The quantitative estimate of drug-likeness (QED) is 0.459. The highest BCUT2D eigenvalue weighted by Gasteiger charge is 2.33. The van der Waals surface area contributed by atoms with Crippen molar-refractivity contribution in [2.75, 3.05) is 20.2 Å². The molecule has 142 valence electrons. The number of hydrogen-bond donors (Lipinski definition) is 0. The van der Waals surface area contributed by atoms with Crippen LogP contribution in [-0.4, -0.2) is 36.9 Å². The fraction of sp³-hybridized carbons (Fsp3) is 0.458. The molecule has 0 bridgehead atoms. The molecule has 0 aromatic heterocycles. The summed E-state index contributed by atoms with van der Waals surface area (Å²) in [6, 6.07) is 12.7. The molecule has 27 heavy (non-hydrogen) atoms. The number of Topliss-reactive ketones (excluding diaryl/α,β-unsaturated/α-hetero) is 1. The van der Waals surface area contributed by atoms with Crippen LogP contribution in [0.3, 0.4) is 0 Å². The summed E-state index contributed by atoms with van der Waals surface area (Å²) in [7, 11) is 1.67. The first-order valence-electron chi connectivity index (χ1n) is 10.1. The van der Waals surface area contributed by atoms with Gasteiger partial charge in [-0.25, -0.2) is 0 Å². The molecule has 2 fully saturated rings. The lowest BCUT2D eigenvalue weighted by atomic mass is 9.96. The number of rotatable bonds is 9. The monoisotopic (exact) mass is 363 g/mol. The zero-order chi connectivity index (χ0) is 19.0. The number of fused-ring (bicyclic) bond motifs is 1. The molecule has 4 rings (SSSR count). The molecule has 0 saturated heterocycles. The molecule has 0 unspecified atom stereocenters. The molecule has 0 spiro atoms. The van der Waals surface area contributed by atoms with Crippen LogP contribution in [0.15, 0.2) is 48.6 Å². The van der Waals surface area contributed by atoms with Crippen LogP contribution in [0.4, 0.5) is 0 Å². The molecule has 0 aliphatic heterocycles. The molecule has 2 aliphatic carbocycles. The van der Waals surface area contributed by atoms with Crippen LogP contribution in [0, 0.1) is 11.8 Å². The number of carbonyl (C=O) groups is 1. The minimum atomic E-state index is 0.0173. The molecule has 0 heterocycles. The minimum Gasteiger partial charge on any atom is -0.497 e. The molecule has 2 aromatic carbocycles. The van der Waals surface area contributed by atoms with Crippen LogP contribution in [0.2, 0.25) is 0 Å². The van der Waals surface area contributed by atoms with Crippen molar-refractivity contribution in [2.24, 2.45) is 11.8 Å². The van der Waals surface area contributed by atoms with E-state index in [4.69, 9.17) is 4.74 Å².